The average Bonchev–Trinajstić information content (AvgIpc) is 3.23. The van der Waals surface area contributed by atoms with Gasteiger partial charge in [0.2, 0.25) is 5.91 Å². The molecular weight excluding hydrogens is 494 g/mol. The lowest BCUT2D eigenvalue weighted by Gasteiger charge is -2.27. The monoisotopic (exact) mass is 527 g/mol. The number of benzene rings is 1. The van der Waals surface area contributed by atoms with Crippen LogP contribution < -0.4 is 10.6 Å². The fourth-order valence-electron chi connectivity index (χ4n) is 4.54. The van der Waals surface area contributed by atoms with Crippen molar-refractivity contribution in [3.05, 3.63) is 60.4 Å². The molecule has 0 spiro atoms. The molecule has 11 heteroatoms. The van der Waals surface area contributed by atoms with Gasteiger partial charge in [-0.05, 0) is 49.4 Å². The SMILES string of the molecule is CC(C)C[C@H](NC(=O)c1cc2ccccc2[nH]1)C(=O)NC1CCCN(S(=O)(=O)c2ccccn2)CC1O. The van der Waals surface area contributed by atoms with Crippen LogP contribution >= 0.6 is 0 Å². The molecule has 4 rings (SSSR count). The molecule has 1 aliphatic heterocycles. The number of hydrogen-bond donors (Lipinski definition) is 4. The van der Waals surface area contributed by atoms with Crippen molar-refractivity contribution in [2.75, 3.05) is 13.1 Å². The number of rotatable bonds is 8. The molecule has 0 saturated carbocycles. The van der Waals surface area contributed by atoms with Crippen molar-refractivity contribution in [3.8, 4) is 0 Å². The lowest BCUT2D eigenvalue weighted by molar-refractivity contribution is -0.125. The zero-order valence-corrected chi connectivity index (χ0v) is 21.7. The van der Waals surface area contributed by atoms with Gasteiger partial charge in [-0.25, -0.2) is 13.4 Å². The molecule has 0 radical (unpaired) electrons. The summed E-state index contributed by atoms with van der Waals surface area (Å²) in [7, 11) is -3.87. The number of nitrogens with one attached hydrogen (secondary N) is 3. The van der Waals surface area contributed by atoms with Crippen LogP contribution in [-0.2, 0) is 14.8 Å². The first-order valence-corrected chi connectivity index (χ1v) is 13.9. The van der Waals surface area contributed by atoms with Crippen LogP contribution in [0.5, 0.6) is 0 Å². The summed E-state index contributed by atoms with van der Waals surface area (Å²) >= 11 is 0. The fraction of sp³-hybridized carbons (Fsp3) is 0.423. The average molecular weight is 528 g/mol. The number of hydrogen-bond acceptors (Lipinski definition) is 6. The largest absolute Gasteiger partial charge is 0.390 e. The van der Waals surface area contributed by atoms with Crippen molar-refractivity contribution < 1.29 is 23.1 Å². The Morgan fingerprint density at radius 1 is 1.19 bits per heavy atom. The summed E-state index contributed by atoms with van der Waals surface area (Å²) in [4.78, 5) is 33.2. The second-order valence-corrected chi connectivity index (χ2v) is 11.7. The minimum Gasteiger partial charge on any atom is -0.390 e. The van der Waals surface area contributed by atoms with Crippen molar-refractivity contribution in [3.63, 3.8) is 0 Å². The van der Waals surface area contributed by atoms with E-state index in [1.54, 1.807) is 18.2 Å². The first-order chi connectivity index (χ1) is 17.6. The van der Waals surface area contributed by atoms with E-state index in [1.165, 1.54) is 16.6 Å². The van der Waals surface area contributed by atoms with Gasteiger partial charge in [-0.2, -0.15) is 4.31 Å². The molecule has 3 heterocycles. The van der Waals surface area contributed by atoms with Gasteiger partial charge in [0.05, 0.1) is 12.1 Å². The van der Waals surface area contributed by atoms with Crippen LogP contribution in [0.15, 0.2) is 59.8 Å². The van der Waals surface area contributed by atoms with Gasteiger partial charge >= 0.3 is 0 Å². The maximum atomic E-state index is 13.3. The quantitative estimate of drug-likeness (QED) is 0.353. The molecule has 2 aromatic heterocycles. The number of aliphatic hydroxyl groups is 1. The third kappa shape index (κ3) is 6.35. The summed E-state index contributed by atoms with van der Waals surface area (Å²) in [5.41, 5.74) is 1.18. The zero-order chi connectivity index (χ0) is 26.6. The van der Waals surface area contributed by atoms with E-state index in [9.17, 15) is 23.1 Å². The minimum atomic E-state index is -3.87. The first-order valence-electron chi connectivity index (χ1n) is 12.4. The fourth-order valence-corrected chi connectivity index (χ4v) is 5.97. The number of para-hydroxylation sites is 1. The Balaban J connectivity index is 1.43. The topological polar surface area (TPSA) is 144 Å². The summed E-state index contributed by atoms with van der Waals surface area (Å²) in [6.45, 7) is 3.95. The lowest BCUT2D eigenvalue weighted by atomic mass is 10.0. The van der Waals surface area contributed by atoms with Gasteiger partial charge < -0.3 is 20.7 Å². The molecule has 2 unspecified atom stereocenters. The molecule has 37 heavy (non-hydrogen) atoms. The first kappa shape index (κ1) is 26.8. The molecule has 198 valence electrons. The van der Waals surface area contributed by atoms with Crippen LogP contribution in [0.4, 0.5) is 0 Å². The number of carbonyl (C=O) groups is 2. The van der Waals surface area contributed by atoms with E-state index >= 15 is 0 Å². The highest BCUT2D eigenvalue weighted by molar-refractivity contribution is 7.89. The number of sulfonamides is 1. The normalized spacial score (nSPS) is 19.9. The number of aliphatic hydroxyl groups excluding tert-OH is 1. The molecule has 1 saturated heterocycles. The maximum absolute atomic E-state index is 13.3. The van der Waals surface area contributed by atoms with Gasteiger partial charge in [0.15, 0.2) is 5.03 Å². The van der Waals surface area contributed by atoms with Crippen molar-refractivity contribution in [1.29, 1.82) is 0 Å². The molecule has 1 fully saturated rings. The summed E-state index contributed by atoms with van der Waals surface area (Å²) < 4.78 is 27.2. The number of nitrogens with zero attached hydrogens (tertiary/aromatic N) is 2. The second-order valence-electron chi connectivity index (χ2n) is 9.78. The number of H-pyrrole nitrogens is 1. The van der Waals surface area contributed by atoms with E-state index in [-0.39, 0.29) is 24.0 Å². The lowest BCUT2D eigenvalue weighted by Crippen LogP contribution is -2.54. The highest BCUT2D eigenvalue weighted by atomic mass is 32.2. The van der Waals surface area contributed by atoms with Crippen molar-refractivity contribution in [2.24, 2.45) is 5.92 Å². The van der Waals surface area contributed by atoms with Crippen molar-refractivity contribution in [1.82, 2.24) is 24.9 Å². The Morgan fingerprint density at radius 3 is 2.65 bits per heavy atom. The Kier molecular flexibility index (Phi) is 8.25. The van der Waals surface area contributed by atoms with Gasteiger partial charge in [-0.15, -0.1) is 0 Å². The van der Waals surface area contributed by atoms with E-state index in [0.29, 0.717) is 25.0 Å². The molecule has 0 aliphatic carbocycles. The van der Waals surface area contributed by atoms with Crippen LogP contribution in [0.2, 0.25) is 0 Å². The third-order valence-electron chi connectivity index (χ3n) is 6.45. The van der Waals surface area contributed by atoms with Crippen LogP contribution in [0.25, 0.3) is 10.9 Å². The molecule has 10 nitrogen and oxygen atoms in total. The van der Waals surface area contributed by atoms with Crippen LogP contribution in [0.3, 0.4) is 0 Å². The number of fused-ring (bicyclic) bond motifs is 1. The molecule has 4 N–H and O–H groups in total. The standard InChI is InChI=1S/C26H33N5O5S/c1-17(2)14-21(30-26(34)22-15-18-8-3-4-9-19(18)28-22)25(33)29-20-10-7-13-31(16-23(20)32)37(35,36)24-11-5-6-12-27-24/h3-6,8-9,11-12,15,17,20-21,23,28,32H,7,10,13-14,16H2,1-2H3,(H,29,33)(H,30,34)/t20?,21-,23?/m0/s1. The maximum Gasteiger partial charge on any atom is 0.268 e. The molecule has 0 bridgehead atoms. The second kappa shape index (κ2) is 11.4. The summed E-state index contributed by atoms with van der Waals surface area (Å²) in [5, 5.41) is 17.3. The van der Waals surface area contributed by atoms with E-state index < -0.39 is 40.0 Å². The highest BCUT2D eigenvalue weighted by Crippen LogP contribution is 2.20. The van der Waals surface area contributed by atoms with E-state index in [1.807, 2.05) is 38.1 Å². The number of carbonyl (C=O) groups excluding carboxylic acids is 2. The van der Waals surface area contributed by atoms with Gasteiger partial charge in [0.1, 0.15) is 11.7 Å². The Labute approximate surface area is 216 Å². The number of amides is 2. The molecule has 1 aliphatic rings. The predicted octanol–water partition coefficient (Wildman–Crippen LogP) is 2.04. The number of β-amino-alcohol motifs (C(OH)–C–C–N with tert-alkyl or cyclic N) is 1. The van der Waals surface area contributed by atoms with Gasteiger partial charge in [-0.3, -0.25) is 9.59 Å². The zero-order valence-electron chi connectivity index (χ0n) is 20.9. The van der Waals surface area contributed by atoms with Crippen molar-refractivity contribution >= 4 is 32.7 Å². The third-order valence-corrected chi connectivity index (χ3v) is 8.23. The number of pyridine rings is 1. The Bertz CT molecular complexity index is 1310. The summed E-state index contributed by atoms with van der Waals surface area (Å²) in [6, 6.07) is 12.4. The molecular formula is C26H33N5O5S. The van der Waals surface area contributed by atoms with Crippen LogP contribution in [0, 0.1) is 5.92 Å². The smallest absolute Gasteiger partial charge is 0.268 e. The van der Waals surface area contributed by atoms with E-state index in [2.05, 4.69) is 20.6 Å². The highest BCUT2D eigenvalue weighted by Gasteiger charge is 2.35. The summed E-state index contributed by atoms with van der Waals surface area (Å²) in [6.07, 6.45) is 1.54. The Morgan fingerprint density at radius 2 is 1.95 bits per heavy atom. The molecule has 1 aromatic carbocycles. The van der Waals surface area contributed by atoms with Crippen LogP contribution in [-0.4, -0.2) is 70.9 Å². The van der Waals surface area contributed by atoms with E-state index in [4.69, 9.17) is 0 Å². The van der Waals surface area contributed by atoms with Gasteiger partial charge in [0.25, 0.3) is 15.9 Å². The molecule has 2 amide bonds. The van der Waals surface area contributed by atoms with Gasteiger partial charge in [-0.1, -0.05) is 38.1 Å². The minimum absolute atomic E-state index is 0.0821. The van der Waals surface area contributed by atoms with Gasteiger partial charge in [0, 0.05) is 30.2 Å². The molecule has 3 atom stereocenters. The van der Waals surface area contributed by atoms with Crippen LogP contribution in [0.1, 0.15) is 43.6 Å². The summed E-state index contributed by atoms with van der Waals surface area (Å²) in [5.74, 6) is -0.689. The van der Waals surface area contributed by atoms with Crippen molar-refractivity contribution in [2.45, 2.75) is 56.3 Å². The number of aromatic nitrogens is 2. The number of aromatic amines is 1. The Hall–Kier alpha value is -3.28. The predicted molar refractivity (Wildman–Crippen MR) is 139 cm³/mol. The van der Waals surface area contributed by atoms with E-state index in [0.717, 1.165) is 10.9 Å². The molecule has 3 aromatic rings.